The summed E-state index contributed by atoms with van der Waals surface area (Å²) in [5.41, 5.74) is 15.6. The molecule has 27 heavy (non-hydrogen) atoms. The molecule has 2 aromatic heterocycles. The van der Waals surface area contributed by atoms with E-state index in [1.54, 1.807) is 7.11 Å². The van der Waals surface area contributed by atoms with E-state index in [2.05, 4.69) is 14.3 Å². The molecule has 0 spiro atoms. The fourth-order valence-electron chi connectivity index (χ4n) is 3.45. The Labute approximate surface area is 161 Å². The number of hydrogen-bond acceptors (Lipinski definition) is 7. The second-order valence-electron chi connectivity index (χ2n) is 6.70. The van der Waals surface area contributed by atoms with E-state index in [9.17, 15) is 4.79 Å². The van der Waals surface area contributed by atoms with Crippen molar-refractivity contribution < 1.29 is 9.53 Å². The predicted molar refractivity (Wildman–Crippen MR) is 108 cm³/mol. The highest BCUT2D eigenvalue weighted by Crippen LogP contribution is 2.35. The minimum Gasteiger partial charge on any atom is -0.495 e. The van der Waals surface area contributed by atoms with Crippen LogP contribution in [0.25, 0.3) is 22.2 Å². The molecule has 1 aliphatic heterocycles. The fourth-order valence-corrected chi connectivity index (χ4v) is 4.31. The number of hydrogen-bond donors (Lipinski definition) is 2. The van der Waals surface area contributed by atoms with Crippen LogP contribution in [0.4, 0.5) is 10.7 Å². The van der Waals surface area contributed by atoms with Crippen LogP contribution in [0.3, 0.4) is 0 Å². The summed E-state index contributed by atoms with van der Waals surface area (Å²) in [6.45, 7) is 1.59. The summed E-state index contributed by atoms with van der Waals surface area (Å²) in [5.74, 6) is 0.412. The SMILES string of the molecule is COc1cc(-c2cnc3c(N4CCC(C(N)=O)CC4)snc3c2)ccc1N. The molecule has 0 bridgehead atoms. The molecule has 0 atom stereocenters. The van der Waals surface area contributed by atoms with Crippen molar-refractivity contribution in [2.45, 2.75) is 12.8 Å². The zero-order valence-corrected chi connectivity index (χ0v) is 15.8. The number of benzene rings is 1. The Hall–Kier alpha value is -2.87. The zero-order valence-electron chi connectivity index (χ0n) is 15.0. The molecule has 4 rings (SSSR count). The van der Waals surface area contributed by atoms with Crippen molar-refractivity contribution in [3.63, 3.8) is 0 Å². The molecular formula is C19H21N5O2S. The van der Waals surface area contributed by atoms with E-state index in [1.807, 2.05) is 30.5 Å². The number of nitrogens with two attached hydrogens (primary N) is 2. The van der Waals surface area contributed by atoms with Crippen molar-refractivity contribution in [3.8, 4) is 16.9 Å². The first-order chi connectivity index (χ1) is 13.1. The van der Waals surface area contributed by atoms with E-state index in [-0.39, 0.29) is 11.8 Å². The van der Waals surface area contributed by atoms with Gasteiger partial charge in [-0.15, -0.1) is 0 Å². The van der Waals surface area contributed by atoms with Crippen LogP contribution in [0.1, 0.15) is 12.8 Å². The van der Waals surface area contributed by atoms with Gasteiger partial charge in [0.1, 0.15) is 21.8 Å². The van der Waals surface area contributed by atoms with Crippen LogP contribution in [-0.4, -0.2) is 35.5 Å². The standard InChI is InChI=1S/C19H21N5O2S/c1-26-16-9-12(2-3-14(16)20)13-8-15-17(22-10-13)19(27-23-15)24-6-4-11(5-7-24)18(21)25/h2-3,8-11H,4-7,20H2,1H3,(H2,21,25). The van der Waals surface area contributed by atoms with E-state index in [0.29, 0.717) is 11.4 Å². The smallest absolute Gasteiger partial charge is 0.220 e. The van der Waals surface area contributed by atoms with Gasteiger partial charge >= 0.3 is 0 Å². The van der Waals surface area contributed by atoms with Crippen molar-refractivity contribution in [1.29, 1.82) is 0 Å². The van der Waals surface area contributed by atoms with Gasteiger partial charge in [-0.2, -0.15) is 4.37 Å². The maximum atomic E-state index is 11.4. The molecule has 8 heteroatoms. The van der Waals surface area contributed by atoms with Crippen molar-refractivity contribution in [3.05, 3.63) is 30.5 Å². The van der Waals surface area contributed by atoms with Gasteiger partial charge in [-0.25, -0.2) is 0 Å². The van der Waals surface area contributed by atoms with Gasteiger partial charge in [0.15, 0.2) is 0 Å². The average molecular weight is 383 g/mol. The van der Waals surface area contributed by atoms with Gasteiger partial charge in [-0.3, -0.25) is 9.78 Å². The van der Waals surface area contributed by atoms with Gasteiger partial charge < -0.3 is 21.1 Å². The van der Waals surface area contributed by atoms with E-state index in [4.69, 9.17) is 16.2 Å². The molecule has 1 amide bonds. The van der Waals surface area contributed by atoms with Crippen LogP contribution in [-0.2, 0) is 4.79 Å². The van der Waals surface area contributed by atoms with Crippen molar-refractivity contribution in [2.75, 3.05) is 30.8 Å². The van der Waals surface area contributed by atoms with Gasteiger partial charge in [0, 0.05) is 30.8 Å². The van der Waals surface area contributed by atoms with E-state index < -0.39 is 0 Å². The molecule has 7 nitrogen and oxygen atoms in total. The first-order valence-electron chi connectivity index (χ1n) is 8.80. The molecule has 1 aliphatic rings. The summed E-state index contributed by atoms with van der Waals surface area (Å²) >= 11 is 1.45. The van der Waals surface area contributed by atoms with Crippen LogP contribution in [0.15, 0.2) is 30.5 Å². The predicted octanol–water partition coefficient (Wildman–Crippen LogP) is 2.65. The number of aromatic nitrogens is 2. The molecule has 1 aromatic carbocycles. The van der Waals surface area contributed by atoms with E-state index >= 15 is 0 Å². The Kier molecular flexibility index (Phi) is 4.57. The van der Waals surface area contributed by atoms with Gasteiger partial charge in [0.05, 0.1) is 12.8 Å². The molecule has 3 aromatic rings. The third-order valence-corrected chi connectivity index (χ3v) is 5.96. The molecule has 4 N–H and O–H groups in total. The van der Waals surface area contributed by atoms with Crippen LogP contribution in [0.5, 0.6) is 5.75 Å². The Morgan fingerprint density at radius 2 is 2.04 bits per heavy atom. The van der Waals surface area contributed by atoms with E-state index in [1.165, 1.54) is 11.5 Å². The summed E-state index contributed by atoms with van der Waals surface area (Å²) < 4.78 is 9.89. The first-order valence-corrected chi connectivity index (χ1v) is 9.57. The number of primary amides is 1. The van der Waals surface area contributed by atoms with Gasteiger partial charge in [-0.1, -0.05) is 6.07 Å². The number of carbonyl (C=O) groups is 1. The Bertz CT molecular complexity index is 995. The summed E-state index contributed by atoms with van der Waals surface area (Å²) in [7, 11) is 1.60. The lowest BCUT2D eigenvalue weighted by Gasteiger charge is -2.30. The van der Waals surface area contributed by atoms with Crippen molar-refractivity contribution >= 4 is 39.2 Å². The lowest BCUT2D eigenvalue weighted by atomic mass is 9.96. The van der Waals surface area contributed by atoms with Crippen LogP contribution >= 0.6 is 11.5 Å². The molecule has 3 heterocycles. The highest BCUT2D eigenvalue weighted by Gasteiger charge is 2.25. The number of carbonyl (C=O) groups excluding carboxylic acids is 1. The topological polar surface area (TPSA) is 107 Å². The van der Waals surface area contributed by atoms with Crippen LogP contribution < -0.4 is 21.1 Å². The summed E-state index contributed by atoms with van der Waals surface area (Å²) in [6, 6.07) is 7.71. The molecule has 0 unspecified atom stereocenters. The maximum absolute atomic E-state index is 11.4. The molecule has 1 saturated heterocycles. The van der Waals surface area contributed by atoms with Crippen LogP contribution in [0, 0.1) is 5.92 Å². The minimum atomic E-state index is -0.203. The molecule has 1 fully saturated rings. The number of amides is 1. The van der Waals surface area contributed by atoms with E-state index in [0.717, 1.165) is 53.1 Å². The normalized spacial score (nSPS) is 15.2. The number of fused-ring (bicyclic) bond motifs is 1. The second kappa shape index (κ2) is 7.03. The first kappa shape index (κ1) is 17.5. The third kappa shape index (κ3) is 3.28. The van der Waals surface area contributed by atoms with Gasteiger partial charge in [-0.05, 0) is 48.1 Å². The number of piperidine rings is 1. The lowest BCUT2D eigenvalue weighted by Crippen LogP contribution is -2.38. The summed E-state index contributed by atoms with van der Waals surface area (Å²) in [6.07, 6.45) is 3.40. The molecule has 140 valence electrons. The fraction of sp³-hybridized carbons (Fsp3) is 0.316. The van der Waals surface area contributed by atoms with Gasteiger partial charge in [0.2, 0.25) is 5.91 Å². The van der Waals surface area contributed by atoms with Crippen molar-refractivity contribution in [2.24, 2.45) is 11.7 Å². The monoisotopic (exact) mass is 383 g/mol. The number of nitrogens with zero attached hydrogens (tertiary/aromatic N) is 3. The maximum Gasteiger partial charge on any atom is 0.220 e. The van der Waals surface area contributed by atoms with Crippen molar-refractivity contribution in [1.82, 2.24) is 9.36 Å². The van der Waals surface area contributed by atoms with Crippen LogP contribution in [0.2, 0.25) is 0 Å². The number of pyridine rings is 1. The Morgan fingerprint density at radius 3 is 2.74 bits per heavy atom. The summed E-state index contributed by atoms with van der Waals surface area (Å²) in [5, 5.41) is 1.05. The number of ether oxygens (including phenoxy) is 1. The molecular weight excluding hydrogens is 362 g/mol. The number of methoxy groups -OCH3 is 1. The highest BCUT2D eigenvalue weighted by atomic mass is 32.1. The minimum absolute atomic E-state index is 0.0273. The largest absolute Gasteiger partial charge is 0.495 e. The average Bonchev–Trinajstić information content (AvgIpc) is 3.11. The zero-order chi connectivity index (χ0) is 19.0. The highest BCUT2D eigenvalue weighted by molar-refractivity contribution is 7.11. The Balaban J connectivity index is 1.62. The second-order valence-corrected chi connectivity index (χ2v) is 7.45. The molecule has 0 saturated carbocycles. The summed E-state index contributed by atoms with van der Waals surface area (Å²) in [4.78, 5) is 18.3. The Morgan fingerprint density at radius 1 is 1.26 bits per heavy atom. The third-order valence-electron chi connectivity index (χ3n) is 5.05. The number of rotatable bonds is 4. The number of nitrogen functional groups attached to an aromatic ring is 1. The number of anilines is 2. The van der Waals surface area contributed by atoms with Gasteiger partial charge in [0.25, 0.3) is 0 Å². The molecule has 0 aliphatic carbocycles. The quantitative estimate of drug-likeness (QED) is 0.671. The lowest BCUT2D eigenvalue weighted by molar-refractivity contribution is -0.122. The molecule has 0 radical (unpaired) electrons.